The third-order valence-corrected chi connectivity index (χ3v) is 2.43. The summed E-state index contributed by atoms with van der Waals surface area (Å²) in [4.78, 5) is 4.68. The number of rotatable bonds is 4. The van der Waals surface area contributed by atoms with Crippen LogP contribution in [-0.4, -0.2) is 66.8 Å². The van der Waals surface area contributed by atoms with Crippen molar-refractivity contribution in [3.8, 4) is 0 Å². The number of hydrogen-bond donors (Lipinski definition) is 2. The van der Waals surface area contributed by atoms with Crippen LogP contribution in [0.15, 0.2) is 0 Å². The molecule has 1 saturated heterocycles. The van der Waals surface area contributed by atoms with E-state index in [0.29, 0.717) is 0 Å². The first-order valence-electron chi connectivity index (χ1n) is 5.03. The van der Waals surface area contributed by atoms with Gasteiger partial charge in [0.2, 0.25) is 0 Å². The number of aliphatic hydroxyl groups excluding tert-OH is 1. The van der Waals surface area contributed by atoms with E-state index in [9.17, 15) is 0 Å². The molecule has 0 bridgehead atoms. The zero-order chi connectivity index (χ0) is 9.68. The molecule has 4 nitrogen and oxygen atoms in total. The van der Waals surface area contributed by atoms with Gasteiger partial charge in [-0.15, -0.1) is 0 Å². The van der Waals surface area contributed by atoms with Gasteiger partial charge in [-0.25, -0.2) is 0 Å². The van der Waals surface area contributed by atoms with Gasteiger partial charge in [0.1, 0.15) is 0 Å². The Morgan fingerprint density at radius 2 is 1.77 bits per heavy atom. The molecule has 1 aliphatic heterocycles. The Morgan fingerprint density at radius 3 is 2.23 bits per heavy atom. The van der Waals surface area contributed by atoms with E-state index in [-0.39, 0.29) is 12.6 Å². The van der Waals surface area contributed by atoms with Gasteiger partial charge in [0.05, 0.1) is 6.61 Å². The highest BCUT2D eigenvalue weighted by atomic mass is 16.3. The average molecular weight is 187 g/mol. The lowest BCUT2D eigenvalue weighted by molar-refractivity contribution is 0.110. The highest BCUT2D eigenvalue weighted by Crippen LogP contribution is 2.01. The first-order valence-corrected chi connectivity index (χ1v) is 5.03. The van der Waals surface area contributed by atoms with E-state index in [2.05, 4.69) is 9.80 Å². The molecule has 13 heavy (non-hydrogen) atoms. The molecule has 0 saturated carbocycles. The molecule has 3 N–H and O–H groups in total. The van der Waals surface area contributed by atoms with Crippen molar-refractivity contribution in [2.75, 3.05) is 45.9 Å². The molecular formula is C9H21N3O. The third kappa shape index (κ3) is 4.04. The van der Waals surface area contributed by atoms with Gasteiger partial charge < -0.3 is 10.8 Å². The molecule has 0 radical (unpaired) electrons. The molecule has 0 aromatic carbocycles. The second-order valence-corrected chi connectivity index (χ2v) is 3.84. The molecule has 0 amide bonds. The molecule has 0 aliphatic carbocycles. The number of nitrogens with zero attached hydrogens (tertiary/aromatic N) is 2. The fourth-order valence-electron chi connectivity index (χ4n) is 1.74. The second kappa shape index (κ2) is 5.54. The summed E-state index contributed by atoms with van der Waals surface area (Å²) in [6, 6.07) is 0.268. The average Bonchev–Trinajstić information content (AvgIpc) is 2.08. The van der Waals surface area contributed by atoms with E-state index < -0.39 is 0 Å². The van der Waals surface area contributed by atoms with Crippen LogP contribution < -0.4 is 5.73 Å². The Morgan fingerprint density at radius 1 is 1.23 bits per heavy atom. The minimum absolute atomic E-state index is 0.268. The second-order valence-electron chi connectivity index (χ2n) is 3.84. The molecule has 1 unspecified atom stereocenters. The molecule has 1 atom stereocenters. The summed E-state index contributed by atoms with van der Waals surface area (Å²) in [6.45, 7) is 8.41. The molecular weight excluding hydrogens is 166 g/mol. The predicted molar refractivity (Wildman–Crippen MR) is 53.6 cm³/mol. The topological polar surface area (TPSA) is 52.7 Å². The van der Waals surface area contributed by atoms with Crippen LogP contribution in [0.2, 0.25) is 0 Å². The van der Waals surface area contributed by atoms with Gasteiger partial charge in [0, 0.05) is 45.3 Å². The molecule has 78 valence electrons. The van der Waals surface area contributed by atoms with Crippen molar-refractivity contribution in [2.24, 2.45) is 5.73 Å². The summed E-state index contributed by atoms with van der Waals surface area (Å²) in [5.41, 5.74) is 5.72. The Labute approximate surface area is 80.3 Å². The smallest absolute Gasteiger partial charge is 0.0558 e. The normalized spacial score (nSPS) is 23.3. The van der Waals surface area contributed by atoms with Gasteiger partial charge >= 0.3 is 0 Å². The van der Waals surface area contributed by atoms with Crippen molar-refractivity contribution < 1.29 is 5.11 Å². The maximum atomic E-state index is 8.75. The van der Waals surface area contributed by atoms with E-state index in [1.165, 1.54) is 0 Å². The van der Waals surface area contributed by atoms with Crippen molar-refractivity contribution in [1.29, 1.82) is 0 Å². The third-order valence-electron chi connectivity index (χ3n) is 2.43. The van der Waals surface area contributed by atoms with Crippen molar-refractivity contribution >= 4 is 0 Å². The van der Waals surface area contributed by atoms with Gasteiger partial charge in [-0.2, -0.15) is 0 Å². The fourth-order valence-corrected chi connectivity index (χ4v) is 1.74. The van der Waals surface area contributed by atoms with Crippen LogP contribution in [-0.2, 0) is 0 Å². The Balaban J connectivity index is 2.15. The maximum Gasteiger partial charge on any atom is 0.0558 e. The van der Waals surface area contributed by atoms with Crippen molar-refractivity contribution in [1.82, 2.24) is 9.80 Å². The lowest BCUT2D eigenvalue weighted by atomic mass is 10.2. The zero-order valence-electron chi connectivity index (χ0n) is 8.45. The minimum Gasteiger partial charge on any atom is -0.395 e. The number of β-amino-alcohol motifs (C(OH)–C–C–N with tert-alkyl or cyclic N) is 1. The van der Waals surface area contributed by atoms with Crippen LogP contribution in [0.5, 0.6) is 0 Å². The standard InChI is InChI=1S/C9H21N3O/c1-9(10)8-12-4-2-11(3-5-12)6-7-13/h9,13H,2-8,10H2,1H3. The maximum absolute atomic E-state index is 8.75. The van der Waals surface area contributed by atoms with Gasteiger partial charge in [-0.3, -0.25) is 9.80 Å². The predicted octanol–water partition coefficient (Wildman–Crippen LogP) is -1.06. The molecule has 4 heteroatoms. The Hall–Kier alpha value is -0.160. The number of piperazine rings is 1. The summed E-state index contributed by atoms with van der Waals surface area (Å²) in [7, 11) is 0. The Kier molecular flexibility index (Phi) is 4.66. The van der Waals surface area contributed by atoms with Crippen LogP contribution in [0.25, 0.3) is 0 Å². The fraction of sp³-hybridized carbons (Fsp3) is 1.00. The van der Waals surface area contributed by atoms with E-state index >= 15 is 0 Å². The lowest BCUT2D eigenvalue weighted by Gasteiger charge is -2.35. The molecule has 0 aromatic heterocycles. The van der Waals surface area contributed by atoms with Crippen LogP contribution in [0, 0.1) is 0 Å². The lowest BCUT2D eigenvalue weighted by Crippen LogP contribution is -2.49. The largest absolute Gasteiger partial charge is 0.395 e. The zero-order valence-corrected chi connectivity index (χ0v) is 8.45. The first-order chi connectivity index (χ1) is 6.22. The van der Waals surface area contributed by atoms with Gasteiger partial charge in [0.15, 0.2) is 0 Å². The van der Waals surface area contributed by atoms with Gasteiger partial charge in [-0.05, 0) is 6.92 Å². The number of nitrogens with two attached hydrogens (primary N) is 1. The number of hydrogen-bond acceptors (Lipinski definition) is 4. The quantitative estimate of drug-likeness (QED) is 0.589. The van der Waals surface area contributed by atoms with Crippen molar-refractivity contribution in [3.05, 3.63) is 0 Å². The van der Waals surface area contributed by atoms with Crippen LogP contribution in [0.4, 0.5) is 0 Å². The highest BCUT2D eigenvalue weighted by molar-refractivity contribution is 4.73. The van der Waals surface area contributed by atoms with Crippen LogP contribution in [0.1, 0.15) is 6.92 Å². The van der Waals surface area contributed by atoms with Crippen LogP contribution in [0.3, 0.4) is 0 Å². The van der Waals surface area contributed by atoms with E-state index in [1.807, 2.05) is 6.92 Å². The van der Waals surface area contributed by atoms with Crippen LogP contribution >= 0.6 is 0 Å². The van der Waals surface area contributed by atoms with Crippen molar-refractivity contribution in [3.63, 3.8) is 0 Å². The summed E-state index contributed by atoms with van der Waals surface area (Å²) in [6.07, 6.45) is 0. The summed E-state index contributed by atoms with van der Waals surface area (Å²) in [5, 5.41) is 8.75. The molecule has 0 spiro atoms. The molecule has 1 heterocycles. The summed E-state index contributed by atoms with van der Waals surface area (Å²) < 4.78 is 0. The molecule has 1 fully saturated rings. The minimum atomic E-state index is 0.268. The first kappa shape index (κ1) is 10.9. The number of aliphatic hydroxyl groups is 1. The van der Waals surface area contributed by atoms with E-state index in [0.717, 1.165) is 39.3 Å². The van der Waals surface area contributed by atoms with Crippen molar-refractivity contribution in [2.45, 2.75) is 13.0 Å². The van der Waals surface area contributed by atoms with Gasteiger partial charge in [-0.1, -0.05) is 0 Å². The molecule has 0 aromatic rings. The van der Waals surface area contributed by atoms with Gasteiger partial charge in [0.25, 0.3) is 0 Å². The summed E-state index contributed by atoms with van der Waals surface area (Å²) >= 11 is 0. The van der Waals surface area contributed by atoms with E-state index in [4.69, 9.17) is 10.8 Å². The summed E-state index contributed by atoms with van der Waals surface area (Å²) in [5.74, 6) is 0. The molecule has 1 rings (SSSR count). The monoisotopic (exact) mass is 187 g/mol. The highest BCUT2D eigenvalue weighted by Gasteiger charge is 2.16. The SMILES string of the molecule is CC(N)CN1CCN(CCO)CC1. The van der Waals surface area contributed by atoms with E-state index in [1.54, 1.807) is 0 Å². The Bertz CT molecular complexity index is 133. The molecule has 1 aliphatic rings.